The molecule has 5 heteroatoms. The first kappa shape index (κ1) is 16.4. The van der Waals surface area contributed by atoms with Crippen molar-refractivity contribution in [2.45, 2.75) is 6.42 Å². The van der Waals surface area contributed by atoms with Gasteiger partial charge in [-0.15, -0.1) is 0 Å². The van der Waals surface area contributed by atoms with Gasteiger partial charge in [0.15, 0.2) is 0 Å². The number of carbonyl (C=O) groups is 1. The van der Waals surface area contributed by atoms with Crippen LogP contribution in [-0.2, 0) is 11.2 Å². The van der Waals surface area contributed by atoms with Gasteiger partial charge >= 0.3 is 0 Å². The molecule has 0 saturated carbocycles. The molecule has 0 aliphatic rings. The second kappa shape index (κ2) is 7.02. The summed E-state index contributed by atoms with van der Waals surface area (Å²) >= 11 is 5.89. The van der Waals surface area contributed by atoms with Crippen LogP contribution in [0.3, 0.4) is 0 Å². The van der Waals surface area contributed by atoms with Crippen molar-refractivity contribution in [2.24, 2.45) is 0 Å². The third kappa shape index (κ3) is 3.46. The number of nitrogens with one attached hydrogen (secondary N) is 1. The number of hydrogen-bond acceptors (Lipinski definition) is 2. The SMILES string of the molecule is O=C(Cc1ccc(Cl)cc1)Nc1ccccc1-c1cn2ccccc2n1. The minimum atomic E-state index is -0.0801. The number of fused-ring (bicyclic) bond motifs is 1. The maximum atomic E-state index is 12.5. The minimum absolute atomic E-state index is 0.0801. The Hall–Kier alpha value is -3.11. The van der Waals surface area contributed by atoms with Gasteiger partial charge in [-0.1, -0.05) is 48.0 Å². The lowest BCUT2D eigenvalue weighted by molar-refractivity contribution is -0.115. The van der Waals surface area contributed by atoms with Crippen LogP contribution < -0.4 is 5.32 Å². The van der Waals surface area contributed by atoms with Crippen LogP contribution in [0.4, 0.5) is 5.69 Å². The highest BCUT2D eigenvalue weighted by Crippen LogP contribution is 2.27. The van der Waals surface area contributed by atoms with E-state index in [1.165, 1.54) is 0 Å². The van der Waals surface area contributed by atoms with Gasteiger partial charge in [0.25, 0.3) is 0 Å². The molecule has 4 nitrogen and oxygen atoms in total. The van der Waals surface area contributed by atoms with Crippen molar-refractivity contribution in [3.63, 3.8) is 0 Å². The van der Waals surface area contributed by atoms with Gasteiger partial charge in [0, 0.05) is 23.0 Å². The lowest BCUT2D eigenvalue weighted by Gasteiger charge is -2.09. The molecule has 4 rings (SSSR count). The summed E-state index contributed by atoms with van der Waals surface area (Å²) < 4.78 is 1.96. The first-order chi connectivity index (χ1) is 12.7. The van der Waals surface area contributed by atoms with Crippen LogP contribution in [-0.4, -0.2) is 15.3 Å². The van der Waals surface area contributed by atoms with Gasteiger partial charge in [-0.05, 0) is 35.9 Å². The van der Waals surface area contributed by atoms with E-state index in [0.29, 0.717) is 5.02 Å². The maximum absolute atomic E-state index is 12.5. The van der Waals surface area contributed by atoms with Crippen LogP contribution in [0.15, 0.2) is 79.1 Å². The minimum Gasteiger partial charge on any atom is -0.325 e. The average molecular weight is 362 g/mol. The number of amides is 1. The highest BCUT2D eigenvalue weighted by molar-refractivity contribution is 6.30. The quantitative estimate of drug-likeness (QED) is 0.565. The number of hydrogen-bond donors (Lipinski definition) is 1. The number of imidazole rings is 1. The summed E-state index contributed by atoms with van der Waals surface area (Å²) in [4.78, 5) is 17.1. The predicted molar refractivity (Wildman–Crippen MR) is 104 cm³/mol. The van der Waals surface area contributed by atoms with Crippen LogP contribution in [0.25, 0.3) is 16.9 Å². The van der Waals surface area contributed by atoms with Gasteiger partial charge in [-0.2, -0.15) is 0 Å². The first-order valence-electron chi connectivity index (χ1n) is 8.26. The summed E-state index contributed by atoms with van der Waals surface area (Å²) in [6, 6.07) is 20.8. The summed E-state index contributed by atoms with van der Waals surface area (Å²) in [5, 5.41) is 3.65. The largest absolute Gasteiger partial charge is 0.325 e. The zero-order valence-electron chi connectivity index (χ0n) is 13.9. The van der Waals surface area contributed by atoms with Crippen molar-refractivity contribution >= 4 is 28.8 Å². The van der Waals surface area contributed by atoms with E-state index < -0.39 is 0 Å². The molecular weight excluding hydrogens is 346 g/mol. The number of rotatable bonds is 4. The van der Waals surface area contributed by atoms with Crippen molar-refractivity contribution in [1.82, 2.24) is 9.38 Å². The molecule has 0 fully saturated rings. The average Bonchev–Trinajstić information content (AvgIpc) is 3.08. The van der Waals surface area contributed by atoms with E-state index in [1.807, 2.05) is 71.4 Å². The van der Waals surface area contributed by atoms with Crippen molar-refractivity contribution in [1.29, 1.82) is 0 Å². The molecule has 0 aliphatic carbocycles. The summed E-state index contributed by atoms with van der Waals surface area (Å²) in [7, 11) is 0. The molecule has 2 aromatic heterocycles. The second-order valence-electron chi connectivity index (χ2n) is 5.99. The summed E-state index contributed by atoms with van der Waals surface area (Å²) in [5.74, 6) is -0.0801. The smallest absolute Gasteiger partial charge is 0.228 e. The molecule has 1 N–H and O–H groups in total. The third-order valence-corrected chi connectivity index (χ3v) is 4.37. The van der Waals surface area contributed by atoms with Gasteiger partial charge in [-0.3, -0.25) is 4.79 Å². The molecule has 2 heterocycles. The van der Waals surface area contributed by atoms with Crippen LogP contribution in [0, 0.1) is 0 Å². The van der Waals surface area contributed by atoms with Crippen LogP contribution in [0.1, 0.15) is 5.56 Å². The van der Waals surface area contributed by atoms with Gasteiger partial charge in [0.05, 0.1) is 17.8 Å². The van der Waals surface area contributed by atoms with E-state index in [9.17, 15) is 4.79 Å². The molecule has 0 saturated heterocycles. The zero-order valence-corrected chi connectivity index (χ0v) is 14.6. The number of benzene rings is 2. The van der Waals surface area contributed by atoms with E-state index in [4.69, 9.17) is 11.6 Å². The van der Waals surface area contributed by atoms with Gasteiger partial charge < -0.3 is 9.72 Å². The molecule has 128 valence electrons. The van der Waals surface area contributed by atoms with Crippen LogP contribution >= 0.6 is 11.6 Å². The summed E-state index contributed by atoms with van der Waals surface area (Å²) in [5.41, 5.74) is 4.23. The molecule has 2 aromatic carbocycles. The lowest BCUT2D eigenvalue weighted by Crippen LogP contribution is -2.15. The molecule has 0 radical (unpaired) electrons. The fourth-order valence-electron chi connectivity index (χ4n) is 2.86. The second-order valence-corrected chi connectivity index (χ2v) is 6.43. The number of halogens is 1. The Labute approximate surface area is 156 Å². The number of nitrogens with zero attached hydrogens (tertiary/aromatic N) is 2. The number of carbonyl (C=O) groups excluding carboxylic acids is 1. The Kier molecular flexibility index (Phi) is 4.42. The van der Waals surface area contributed by atoms with E-state index in [0.717, 1.165) is 28.2 Å². The molecule has 0 aliphatic heterocycles. The summed E-state index contributed by atoms with van der Waals surface area (Å²) in [6.07, 6.45) is 4.20. The molecule has 4 aromatic rings. The Balaban J connectivity index is 1.59. The van der Waals surface area contributed by atoms with E-state index in [1.54, 1.807) is 12.1 Å². The summed E-state index contributed by atoms with van der Waals surface area (Å²) in [6.45, 7) is 0. The maximum Gasteiger partial charge on any atom is 0.228 e. The first-order valence-corrected chi connectivity index (χ1v) is 8.64. The normalized spacial score (nSPS) is 10.8. The number of aromatic nitrogens is 2. The Morgan fingerprint density at radius 3 is 2.58 bits per heavy atom. The standard InChI is InChI=1S/C21H16ClN3O/c22-16-10-8-15(9-11-16)13-21(26)24-18-6-2-1-5-17(18)19-14-25-12-4-3-7-20(25)23-19/h1-12,14H,13H2,(H,24,26). The Morgan fingerprint density at radius 1 is 1.00 bits per heavy atom. The Bertz CT molecular complexity index is 1040. The van der Waals surface area contributed by atoms with E-state index in [-0.39, 0.29) is 12.3 Å². The van der Waals surface area contributed by atoms with Crippen LogP contribution in [0.2, 0.25) is 5.02 Å². The topological polar surface area (TPSA) is 46.4 Å². The van der Waals surface area contributed by atoms with Gasteiger partial charge in [-0.25, -0.2) is 4.98 Å². The third-order valence-electron chi connectivity index (χ3n) is 4.12. The highest BCUT2D eigenvalue weighted by Gasteiger charge is 2.11. The van der Waals surface area contributed by atoms with Crippen molar-refractivity contribution in [2.75, 3.05) is 5.32 Å². The van der Waals surface area contributed by atoms with E-state index >= 15 is 0 Å². The fourth-order valence-corrected chi connectivity index (χ4v) is 2.99. The number of para-hydroxylation sites is 1. The molecule has 0 unspecified atom stereocenters. The molecule has 26 heavy (non-hydrogen) atoms. The van der Waals surface area contributed by atoms with Crippen LogP contribution in [0.5, 0.6) is 0 Å². The lowest BCUT2D eigenvalue weighted by atomic mass is 10.1. The molecule has 0 atom stereocenters. The number of anilines is 1. The number of pyridine rings is 1. The van der Waals surface area contributed by atoms with Crippen molar-refractivity contribution < 1.29 is 4.79 Å². The monoisotopic (exact) mass is 361 g/mol. The van der Waals surface area contributed by atoms with Crippen molar-refractivity contribution in [3.05, 3.63) is 89.7 Å². The van der Waals surface area contributed by atoms with Crippen molar-refractivity contribution in [3.8, 4) is 11.3 Å². The van der Waals surface area contributed by atoms with E-state index in [2.05, 4.69) is 10.3 Å². The molecule has 0 spiro atoms. The van der Waals surface area contributed by atoms with Gasteiger partial charge in [0.1, 0.15) is 5.65 Å². The molecule has 0 bridgehead atoms. The molecular formula is C21H16ClN3O. The zero-order chi connectivity index (χ0) is 17.9. The van der Waals surface area contributed by atoms with Gasteiger partial charge in [0.2, 0.25) is 5.91 Å². The predicted octanol–water partition coefficient (Wildman–Crippen LogP) is 4.84. The Morgan fingerprint density at radius 2 is 1.77 bits per heavy atom. The highest BCUT2D eigenvalue weighted by atomic mass is 35.5. The fraction of sp³-hybridized carbons (Fsp3) is 0.0476. The molecule has 1 amide bonds.